The molecule has 2 nitrogen and oxygen atoms in total. The van der Waals surface area contributed by atoms with E-state index in [0.29, 0.717) is 9.71 Å². The van der Waals surface area contributed by atoms with E-state index in [4.69, 9.17) is 0 Å². The molecule has 1 heterocycles. The first kappa shape index (κ1) is 8.19. The smallest absolute Gasteiger partial charge is 0.196 e. The van der Waals surface area contributed by atoms with Gasteiger partial charge in [0.1, 0.15) is 0 Å². The predicted molar refractivity (Wildman–Crippen MR) is 52.7 cm³/mol. The van der Waals surface area contributed by atoms with Crippen molar-refractivity contribution in [1.29, 1.82) is 0 Å². The van der Waals surface area contributed by atoms with Gasteiger partial charge in [-0.1, -0.05) is 0 Å². The molecule has 1 unspecified atom stereocenters. The first-order valence-electron chi connectivity index (χ1n) is 2.80. The third-order valence-corrected chi connectivity index (χ3v) is 3.22. The zero-order valence-electron chi connectivity index (χ0n) is 4.81. The number of hydrogen-bond acceptors (Lipinski definition) is 2. The van der Waals surface area contributed by atoms with E-state index in [2.05, 4.69) is 26.0 Å². The molecule has 0 spiro atoms. The number of carbonyl (C=O) groups excluding carboxylic acids is 1. The van der Waals surface area contributed by atoms with Crippen molar-refractivity contribution >= 4 is 49.2 Å². The van der Waals surface area contributed by atoms with Gasteiger partial charge in [-0.3, -0.25) is 4.79 Å². The number of nitrogens with zero attached hydrogens (tertiary/aromatic N) is 1. The highest BCUT2D eigenvalue weighted by atomic mass is 127. The summed E-state index contributed by atoms with van der Waals surface area (Å²) in [5, 5.41) is 0. The Morgan fingerprint density at radius 2 is 2.33 bits per heavy atom. The van der Waals surface area contributed by atoms with Crippen molar-refractivity contribution in [3.8, 4) is 0 Å². The fourth-order valence-electron chi connectivity index (χ4n) is 0.903. The summed E-state index contributed by atoms with van der Waals surface area (Å²) in [6, 6.07) is 0. The fraction of sp³-hybridized carbons (Fsp3) is 0.800. The second-order valence-corrected chi connectivity index (χ2v) is 4.59. The van der Waals surface area contributed by atoms with Crippen LogP contribution in [0.15, 0.2) is 0 Å². The second kappa shape index (κ2) is 3.47. The van der Waals surface area contributed by atoms with E-state index in [-0.39, 0.29) is 0 Å². The van der Waals surface area contributed by atoms with Gasteiger partial charge in [-0.05, 0) is 29.0 Å². The average Bonchev–Trinajstić information content (AvgIpc) is 2.14. The minimum Gasteiger partial charge on any atom is -0.287 e. The van der Waals surface area contributed by atoms with Crippen LogP contribution in [0.25, 0.3) is 0 Å². The fourth-order valence-corrected chi connectivity index (χ4v) is 2.17. The van der Waals surface area contributed by atoms with Crippen LogP contribution in [0, 0.1) is 5.92 Å². The molecule has 0 aliphatic carbocycles. The Bertz CT molecular complexity index is 128. The minimum atomic E-state index is 0.308. The minimum absolute atomic E-state index is 0.308. The van der Waals surface area contributed by atoms with Crippen LogP contribution in [0.2, 0.25) is 0 Å². The van der Waals surface area contributed by atoms with Gasteiger partial charge in [-0.15, -0.1) is 0 Å². The molecule has 0 bridgehead atoms. The highest BCUT2D eigenvalue weighted by Crippen LogP contribution is 2.21. The highest BCUT2D eigenvalue weighted by molar-refractivity contribution is 14.1. The van der Waals surface area contributed by atoms with Gasteiger partial charge in [0.15, 0.2) is 3.79 Å². The lowest BCUT2D eigenvalue weighted by molar-refractivity contribution is -0.112. The van der Waals surface area contributed by atoms with E-state index in [9.17, 15) is 4.79 Å². The van der Waals surface area contributed by atoms with Crippen LogP contribution in [-0.2, 0) is 4.79 Å². The van der Waals surface area contributed by atoms with Gasteiger partial charge >= 0.3 is 0 Å². The molecule has 1 aliphatic rings. The average molecular weight is 351 g/mol. The van der Waals surface area contributed by atoms with Crippen molar-refractivity contribution < 1.29 is 4.79 Å². The van der Waals surface area contributed by atoms with E-state index >= 15 is 0 Å². The van der Waals surface area contributed by atoms with E-state index in [1.807, 2.05) is 22.6 Å². The maximum Gasteiger partial charge on any atom is 0.196 e. The molecule has 0 N–H and O–H groups in total. The molecule has 1 atom stereocenters. The lowest BCUT2D eigenvalue weighted by Gasteiger charge is -2.02. The van der Waals surface area contributed by atoms with E-state index in [1.54, 1.807) is 0 Å². The maximum atomic E-state index is 10.7. The zero-order chi connectivity index (χ0) is 6.85. The Morgan fingerprint density at radius 1 is 1.67 bits per heavy atom. The Kier molecular flexibility index (Phi) is 3.16. The Balaban J connectivity index is 2.39. The summed E-state index contributed by atoms with van der Waals surface area (Å²) < 4.78 is 2.48. The Hall–Kier alpha value is 1.09. The zero-order valence-corrected chi connectivity index (χ0v) is 9.13. The van der Waals surface area contributed by atoms with Crippen LogP contribution in [-0.4, -0.2) is 20.0 Å². The van der Waals surface area contributed by atoms with Gasteiger partial charge in [-0.2, -0.15) is 0 Å². The predicted octanol–water partition coefficient (Wildman–Crippen LogP) is 1.62. The maximum absolute atomic E-state index is 10.7. The first-order chi connectivity index (χ1) is 4.20. The molecule has 1 fully saturated rings. The van der Waals surface area contributed by atoms with E-state index in [0.717, 1.165) is 19.5 Å². The molecule has 0 saturated carbocycles. The summed E-state index contributed by atoms with van der Waals surface area (Å²) >= 11 is 4.14. The number of rotatable bonds is 1. The van der Waals surface area contributed by atoms with Crippen molar-refractivity contribution in [2.75, 3.05) is 13.1 Å². The van der Waals surface area contributed by atoms with E-state index < -0.39 is 0 Å². The standard InChI is InChI=1S/C5H7I2NO/c6-5(9)4-1-2-8(7)3-4/h4H,1-3H2. The molecule has 0 radical (unpaired) electrons. The van der Waals surface area contributed by atoms with Gasteiger partial charge < -0.3 is 0 Å². The Morgan fingerprint density at radius 3 is 2.56 bits per heavy atom. The summed E-state index contributed by atoms with van der Waals surface area (Å²) in [6.45, 7) is 2.02. The molecule has 0 aromatic rings. The molecular weight excluding hydrogens is 344 g/mol. The summed E-state index contributed by atoms with van der Waals surface area (Å²) in [5.41, 5.74) is 0. The molecular formula is C5H7I2NO. The lowest BCUT2D eigenvalue weighted by atomic mass is 10.1. The van der Waals surface area contributed by atoms with Crippen LogP contribution in [0.1, 0.15) is 6.42 Å². The number of hydrogen-bond donors (Lipinski definition) is 0. The van der Waals surface area contributed by atoms with Gasteiger partial charge in [0.2, 0.25) is 0 Å². The number of carbonyl (C=O) groups is 1. The topological polar surface area (TPSA) is 20.3 Å². The lowest BCUT2D eigenvalue weighted by Crippen LogP contribution is -2.11. The number of halogens is 2. The molecule has 0 amide bonds. The molecule has 1 saturated heterocycles. The third-order valence-electron chi connectivity index (χ3n) is 1.46. The third kappa shape index (κ3) is 2.30. The first-order valence-corrected chi connectivity index (χ1v) is 4.84. The summed E-state index contributed by atoms with van der Waals surface area (Å²) in [7, 11) is 0. The quantitative estimate of drug-likeness (QED) is 0.407. The SMILES string of the molecule is O=C(I)C1CCN(I)C1. The van der Waals surface area contributed by atoms with Crippen molar-refractivity contribution in [2.24, 2.45) is 5.92 Å². The molecule has 0 aromatic carbocycles. The Labute approximate surface area is 82.0 Å². The molecule has 52 valence electrons. The van der Waals surface area contributed by atoms with Crippen molar-refractivity contribution in [2.45, 2.75) is 6.42 Å². The van der Waals surface area contributed by atoms with Crippen LogP contribution in [0.3, 0.4) is 0 Å². The summed E-state index contributed by atoms with van der Waals surface area (Å²) in [4.78, 5) is 10.7. The van der Waals surface area contributed by atoms with Gasteiger partial charge in [0.05, 0.1) is 0 Å². The molecule has 9 heavy (non-hydrogen) atoms. The van der Waals surface area contributed by atoms with Crippen molar-refractivity contribution in [1.82, 2.24) is 3.11 Å². The van der Waals surface area contributed by atoms with Gasteiger partial charge in [0, 0.05) is 41.9 Å². The van der Waals surface area contributed by atoms with Crippen LogP contribution >= 0.6 is 45.5 Å². The van der Waals surface area contributed by atoms with Crippen molar-refractivity contribution in [3.05, 3.63) is 0 Å². The summed E-state index contributed by atoms with van der Waals surface area (Å²) in [5.74, 6) is 0.308. The molecule has 4 heteroatoms. The molecule has 1 rings (SSSR count). The largest absolute Gasteiger partial charge is 0.287 e. The highest BCUT2D eigenvalue weighted by Gasteiger charge is 2.24. The van der Waals surface area contributed by atoms with Crippen LogP contribution in [0.5, 0.6) is 0 Å². The molecule has 1 aliphatic heterocycles. The second-order valence-electron chi connectivity index (χ2n) is 2.16. The van der Waals surface area contributed by atoms with Gasteiger partial charge in [0.25, 0.3) is 0 Å². The van der Waals surface area contributed by atoms with Gasteiger partial charge in [-0.25, -0.2) is 3.11 Å². The normalized spacial score (nSPS) is 28.9. The van der Waals surface area contributed by atoms with Crippen LogP contribution < -0.4 is 0 Å². The molecule has 0 aromatic heterocycles. The monoisotopic (exact) mass is 351 g/mol. The van der Waals surface area contributed by atoms with E-state index in [1.165, 1.54) is 0 Å². The summed E-state index contributed by atoms with van der Waals surface area (Å²) in [6.07, 6.45) is 1.05. The van der Waals surface area contributed by atoms with Crippen LogP contribution in [0.4, 0.5) is 0 Å². The van der Waals surface area contributed by atoms with Crippen molar-refractivity contribution in [3.63, 3.8) is 0 Å².